The van der Waals surface area contributed by atoms with E-state index in [1.807, 2.05) is 47.0 Å². The predicted molar refractivity (Wildman–Crippen MR) is 134 cm³/mol. The lowest BCUT2D eigenvalue weighted by Crippen LogP contribution is -2.33. The van der Waals surface area contributed by atoms with Crippen molar-refractivity contribution in [1.82, 2.24) is 29.4 Å². The van der Waals surface area contributed by atoms with Crippen molar-refractivity contribution < 1.29 is 4.79 Å². The lowest BCUT2D eigenvalue weighted by Gasteiger charge is -2.21. The Bertz CT molecular complexity index is 1620. The number of carbonyl (C=O) groups is 1. The van der Waals surface area contributed by atoms with Crippen LogP contribution in [-0.2, 0) is 24.3 Å². The Morgan fingerprint density at radius 3 is 2.57 bits per heavy atom. The molecular formula is C26H23N7O2. The van der Waals surface area contributed by atoms with E-state index in [4.69, 9.17) is 4.98 Å². The third-order valence-corrected chi connectivity index (χ3v) is 6.33. The minimum atomic E-state index is -0.121. The van der Waals surface area contributed by atoms with E-state index in [2.05, 4.69) is 26.7 Å². The summed E-state index contributed by atoms with van der Waals surface area (Å²) in [6.07, 6.45) is 4.03. The topological polar surface area (TPSA) is 107 Å². The summed E-state index contributed by atoms with van der Waals surface area (Å²) in [5, 5.41) is 7.74. The summed E-state index contributed by atoms with van der Waals surface area (Å²) in [7, 11) is 0. The monoisotopic (exact) mass is 465 g/mol. The second-order valence-corrected chi connectivity index (χ2v) is 8.44. The van der Waals surface area contributed by atoms with E-state index < -0.39 is 0 Å². The number of amides is 1. The molecule has 0 spiro atoms. The summed E-state index contributed by atoms with van der Waals surface area (Å²) >= 11 is 0. The standard InChI is InChI=1S/C26H23N7O2/c34-22(27-13-14-30-26-28-11-5-12-29-26)16-33-21-9-4-2-6-17(21)18-10-15-32-24(23(18)33)31-20-8-3-1-7-19(20)25(32)35/h1-9,11-12H,10,13-16H2,(H,27,34)(H,28,29,30). The number of para-hydroxylation sites is 2. The first-order valence-corrected chi connectivity index (χ1v) is 11.6. The fraction of sp³-hybridized carbons (Fsp3) is 0.192. The molecule has 9 nitrogen and oxygen atoms in total. The smallest absolute Gasteiger partial charge is 0.261 e. The van der Waals surface area contributed by atoms with Crippen molar-refractivity contribution in [2.75, 3.05) is 18.4 Å². The highest BCUT2D eigenvalue weighted by atomic mass is 16.2. The Balaban J connectivity index is 1.34. The van der Waals surface area contributed by atoms with Crippen LogP contribution in [0.1, 0.15) is 5.56 Å². The molecule has 3 aromatic heterocycles. The molecule has 9 heteroatoms. The van der Waals surface area contributed by atoms with Crippen molar-refractivity contribution in [3.05, 3.63) is 82.9 Å². The van der Waals surface area contributed by atoms with Gasteiger partial charge in [-0.3, -0.25) is 14.2 Å². The number of hydrogen-bond donors (Lipinski definition) is 2. The molecule has 1 aliphatic rings. The van der Waals surface area contributed by atoms with Gasteiger partial charge < -0.3 is 15.2 Å². The number of nitrogens with zero attached hydrogens (tertiary/aromatic N) is 5. The number of fused-ring (bicyclic) bond motifs is 6. The van der Waals surface area contributed by atoms with Gasteiger partial charge >= 0.3 is 0 Å². The Kier molecular flexibility index (Phi) is 5.21. The van der Waals surface area contributed by atoms with Gasteiger partial charge in [0, 0.05) is 42.9 Å². The number of rotatable bonds is 6. The Morgan fingerprint density at radius 1 is 0.943 bits per heavy atom. The second kappa shape index (κ2) is 8.68. The first-order chi connectivity index (χ1) is 17.2. The van der Waals surface area contributed by atoms with Gasteiger partial charge in [0.25, 0.3) is 5.56 Å². The van der Waals surface area contributed by atoms with Gasteiger partial charge in [-0.2, -0.15) is 0 Å². The van der Waals surface area contributed by atoms with Gasteiger partial charge in [-0.25, -0.2) is 15.0 Å². The molecule has 5 aromatic rings. The predicted octanol–water partition coefficient (Wildman–Crippen LogP) is 2.59. The van der Waals surface area contributed by atoms with Crippen molar-refractivity contribution in [2.24, 2.45) is 0 Å². The summed E-state index contributed by atoms with van der Waals surface area (Å²) in [5.41, 5.74) is 3.53. The van der Waals surface area contributed by atoms with Gasteiger partial charge in [0.2, 0.25) is 11.9 Å². The van der Waals surface area contributed by atoms with Gasteiger partial charge in [0.1, 0.15) is 6.54 Å². The lowest BCUT2D eigenvalue weighted by molar-refractivity contribution is -0.121. The van der Waals surface area contributed by atoms with Crippen LogP contribution in [0.15, 0.2) is 71.8 Å². The highest BCUT2D eigenvalue weighted by molar-refractivity contribution is 5.93. The molecule has 1 aliphatic heterocycles. The van der Waals surface area contributed by atoms with Gasteiger partial charge in [-0.15, -0.1) is 0 Å². The summed E-state index contributed by atoms with van der Waals surface area (Å²) in [6.45, 7) is 1.62. The van der Waals surface area contributed by atoms with Crippen molar-refractivity contribution >= 4 is 33.7 Å². The van der Waals surface area contributed by atoms with E-state index >= 15 is 0 Å². The minimum absolute atomic E-state index is 0.0493. The quantitative estimate of drug-likeness (QED) is 0.374. The Morgan fingerprint density at radius 2 is 1.71 bits per heavy atom. The molecule has 0 saturated heterocycles. The van der Waals surface area contributed by atoms with E-state index in [-0.39, 0.29) is 18.0 Å². The molecule has 6 rings (SSSR count). The average Bonchev–Trinajstić information content (AvgIpc) is 3.21. The van der Waals surface area contributed by atoms with Gasteiger partial charge in [0.15, 0.2) is 5.82 Å². The summed E-state index contributed by atoms with van der Waals surface area (Å²) in [6, 6.07) is 17.2. The zero-order chi connectivity index (χ0) is 23.8. The van der Waals surface area contributed by atoms with Crippen molar-refractivity contribution in [2.45, 2.75) is 19.5 Å². The van der Waals surface area contributed by atoms with Crippen LogP contribution in [0.3, 0.4) is 0 Å². The third kappa shape index (κ3) is 3.71. The van der Waals surface area contributed by atoms with Gasteiger partial charge in [0.05, 0.1) is 16.6 Å². The molecule has 0 atom stereocenters. The number of hydrogen-bond acceptors (Lipinski definition) is 6. The first kappa shape index (κ1) is 21.0. The number of carbonyl (C=O) groups excluding carboxylic acids is 1. The highest BCUT2D eigenvalue weighted by Gasteiger charge is 2.27. The zero-order valence-corrected chi connectivity index (χ0v) is 18.9. The number of anilines is 1. The van der Waals surface area contributed by atoms with Crippen LogP contribution in [0.4, 0.5) is 5.95 Å². The molecular weight excluding hydrogens is 442 g/mol. The van der Waals surface area contributed by atoms with Crippen molar-refractivity contribution in [3.63, 3.8) is 0 Å². The molecule has 0 aliphatic carbocycles. The van der Waals surface area contributed by atoms with Crippen LogP contribution in [0.2, 0.25) is 0 Å². The molecule has 0 fully saturated rings. The molecule has 0 radical (unpaired) electrons. The number of aromatic nitrogens is 5. The van der Waals surface area contributed by atoms with E-state index in [1.165, 1.54) is 0 Å². The van der Waals surface area contributed by atoms with Crippen LogP contribution in [0.25, 0.3) is 33.3 Å². The molecule has 174 valence electrons. The average molecular weight is 466 g/mol. The molecule has 2 N–H and O–H groups in total. The lowest BCUT2D eigenvalue weighted by atomic mass is 10.0. The van der Waals surface area contributed by atoms with Crippen LogP contribution in [0, 0.1) is 0 Å². The molecule has 0 bridgehead atoms. The second-order valence-electron chi connectivity index (χ2n) is 8.44. The number of benzene rings is 2. The highest BCUT2D eigenvalue weighted by Crippen LogP contribution is 2.36. The van der Waals surface area contributed by atoms with E-state index in [0.29, 0.717) is 48.7 Å². The summed E-state index contributed by atoms with van der Waals surface area (Å²) in [4.78, 5) is 39.3. The Hall–Kier alpha value is -4.53. The molecule has 35 heavy (non-hydrogen) atoms. The largest absolute Gasteiger partial charge is 0.353 e. The summed E-state index contributed by atoms with van der Waals surface area (Å²) in [5.74, 6) is 1.01. The van der Waals surface area contributed by atoms with Gasteiger partial charge in [-0.1, -0.05) is 30.3 Å². The first-order valence-electron chi connectivity index (χ1n) is 11.6. The molecule has 1 amide bonds. The normalized spacial score (nSPS) is 12.3. The minimum Gasteiger partial charge on any atom is -0.353 e. The number of aryl methyl sites for hydroxylation is 1. The Labute approximate surface area is 200 Å². The van der Waals surface area contributed by atoms with Crippen molar-refractivity contribution in [3.8, 4) is 11.5 Å². The maximum absolute atomic E-state index is 13.2. The molecule has 0 saturated carbocycles. The van der Waals surface area contributed by atoms with Crippen molar-refractivity contribution in [1.29, 1.82) is 0 Å². The van der Waals surface area contributed by atoms with Gasteiger partial charge in [-0.05, 0) is 36.2 Å². The molecule has 4 heterocycles. The fourth-order valence-electron chi connectivity index (χ4n) is 4.79. The van der Waals surface area contributed by atoms with E-state index in [9.17, 15) is 9.59 Å². The third-order valence-electron chi connectivity index (χ3n) is 6.33. The summed E-state index contributed by atoms with van der Waals surface area (Å²) < 4.78 is 3.72. The van der Waals surface area contributed by atoms with E-state index in [1.54, 1.807) is 23.0 Å². The van der Waals surface area contributed by atoms with Crippen LogP contribution in [-0.4, -0.2) is 43.1 Å². The fourth-order valence-corrected chi connectivity index (χ4v) is 4.79. The maximum Gasteiger partial charge on any atom is 0.261 e. The van der Waals surface area contributed by atoms with Crippen LogP contribution >= 0.6 is 0 Å². The molecule has 0 unspecified atom stereocenters. The van der Waals surface area contributed by atoms with Crippen LogP contribution < -0.4 is 16.2 Å². The maximum atomic E-state index is 13.2. The number of nitrogens with one attached hydrogen (secondary N) is 2. The zero-order valence-electron chi connectivity index (χ0n) is 18.9. The van der Waals surface area contributed by atoms with E-state index in [0.717, 1.165) is 22.2 Å². The SMILES string of the molecule is O=C(Cn1c2c(c3ccccc31)CCn1c-2nc2ccccc2c1=O)NCCNc1ncccn1. The van der Waals surface area contributed by atoms with Crippen LogP contribution in [0.5, 0.6) is 0 Å². The molecule has 2 aromatic carbocycles.